The summed E-state index contributed by atoms with van der Waals surface area (Å²) < 4.78 is 0. The highest BCUT2D eigenvalue weighted by Crippen LogP contribution is 2.22. The zero-order chi connectivity index (χ0) is 16.2. The van der Waals surface area contributed by atoms with E-state index in [-0.39, 0.29) is 11.8 Å². The van der Waals surface area contributed by atoms with Crippen LogP contribution in [0.2, 0.25) is 0 Å². The number of nitrogens with zero attached hydrogens (tertiary/aromatic N) is 1. The minimum atomic E-state index is -0.486. The van der Waals surface area contributed by atoms with Gasteiger partial charge in [-0.15, -0.1) is 0 Å². The van der Waals surface area contributed by atoms with Crippen LogP contribution in [0.25, 0.3) is 0 Å². The van der Waals surface area contributed by atoms with E-state index in [9.17, 15) is 9.59 Å². The summed E-state index contributed by atoms with van der Waals surface area (Å²) >= 11 is 0. The summed E-state index contributed by atoms with van der Waals surface area (Å²) in [5, 5.41) is 1.46. The number of rotatable bonds is 2. The fraction of sp³-hybridized carbons (Fsp3) is 0.444. The second-order valence-corrected chi connectivity index (χ2v) is 6.59. The Kier molecular flexibility index (Phi) is 5.01. The van der Waals surface area contributed by atoms with Gasteiger partial charge in [-0.25, -0.2) is 5.01 Å². The molecule has 1 aliphatic carbocycles. The normalized spacial score (nSPS) is 15.0. The molecule has 0 fully saturated rings. The van der Waals surface area contributed by atoms with Crippen LogP contribution in [0, 0.1) is 0 Å². The van der Waals surface area contributed by atoms with Crippen LogP contribution in [0.15, 0.2) is 42.0 Å². The zero-order valence-corrected chi connectivity index (χ0v) is 13.6. The number of benzene rings is 1. The van der Waals surface area contributed by atoms with E-state index < -0.39 is 5.54 Å². The number of carbonyl (C=O) groups excluding carboxylic acids is 2. The highest BCUT2D eigenvalue weighted by atomic mass is 16.2. The van der Waals surface area contributed by atoms with Crippen molar-refractivity contribution in [1.29, 1.82) is 0 Å². The number of allylic oxidation sites excluding steroid dienone is 1. The van der Waals surface area contributed by atoms with Gasteiger partial charge < -0.3 is 0 Å². The van der Waals surface area contributed by atoms with Crippen LogP contribution < -0.4 is 5.43 Å². The Hall–Kier alpha value is -2.10. The summed E-state index contributed by atoms with van der Waals surface area (Å²) in [5.41, 5.74) is 3.63. The molecule has 0 atom stereocenters. The smallest absolute Gasteiger partial charge is 0.268 e. The predicted molar refractivity (Wildman–Crippen MR) is 87.1 cm³/mol. The number of amides is 2. The van der Waals surface area contributed by atoms with Gasteiger partial charge in [-0.2, -0.15) is 0 Å². The molecule has 22 heavy (non-hydrogen) atoms. The van der Waals surface area contributed by atoms with Gasteiger partial charge in [0.25, 0.3) is 11.8 Å². The minimum absolute atomic E-state index is 0.100. The largest absolute Gasteiger partial charge is 0.269 e. The molecule has 0 saturated carbocycles. The molecule has 2 amide bonds. The van der Waals surface area contributed by atoms with Crippen LogP contribution >= 0.6 is 0 Å². The third-order valence-corrected chi connectivity index (χ3v) is 3.69. The van der Waals surface area contributed by atoms with Gasteiger partial charge in [-0.1, -0.05) is 24.3 Å². The van der Waals surface area contributed by atoms with E-state index in [0.717, 1.165) is 31.3 Å². The molecule has 0 bridgehead atoms. The van der Waals surface area contributed by atoms with Crippen molar-refractivity contribution in [2.75, 3.05) is 0 Å². The fourth-order valence-electron chi connectivity index (χ4n) is 2.45. The van der Waals surface area contributed by atoms with Crippen molar-refractivity contribution < 1.29 is 9.59 Å². The van der Waals surface area contributed by atoms with Gasteiger partial charge >= 0.3 is 0 Å². The molecule has 2 rings (SSSR count). The van der Waals surface area contributed by atoms with Gasteiger partial charge in [0.15, 0.2) is 0 Å². The Bertz CT molecular complexity index is 570. The molecule has 1 aliphatic rings. The molecule has 1 aromatic carbocycles. The van der Waals surface area contributed by atoms with Crippen molar-refractivity contribution in [2.45, 2.75) is 52.0 Å². The Morgan fingerprint density at radius 3 is 2.32 bits per heavy atom. The maximum atomic E-state index is 12.8. The molecule has 0 aliphatic heterocycles. The van der Waals surface area contributed by atoms with E-state index in [2.05, 4.69) is 5.43 Å². The molecular formula is C18H24N2O2. The van der Waals surface area contributed by atoms with E-state index in [1.807, 2.05) is 45.0 Å². The topological polar surface area (TPSA) is 49.4 Å². The van der Waals surface area contributed by atoms with Crippen molar-refractivity contribution >= 4 is 11.8 Å². The summed E-state index contributed by atoms with van der Waals surface area (Å²) in [6.07, 6.45) is 5.88. The number of hydrazine groups is 1. The van der Waals surface area contributed by atoms with Gasteiger partial charge in [0.05, 0.1) is 5.54 Å². The first-order valence-corrected chi connectivity index (χ1v) is 7.79. The lowest BCUT2D eigenvalue weighted by atomic mass is 9.97. The molecular weight excluding hydrogens is 276 g/mol. The molecule has 1 aromatic rings. The molecule has 0 aromatic heterocycles. The van der Waals surface area contributed by atoms with Crippen LogP contribution in [0.5, 0.6) is 0 Å². The number of hydrogen-bond donors (Lipinski definition) is 1. The average molecular weight is 300 g/mol. The van der Waals surface area contributed by atoms with Gasteiger partial charge in [0.2, 0.25) is 0 Å². The van der Waals surface area contributed by atoms with E-state index in [1.165, 1.54) is 5.01 Å². The van der Waals surface area contributed by atoms with Gasteiger partial charge in [0.1, 0.15) is 0 Å². The zero-order valence-electron chi connectivity index (χ0n) is 13.6. The molecule has 0 spiro atoms. The first-order valence-electron chi connectivity index (χ1n) is 7.79. The van der Waals surface area contributed by atoms with Crippen molar-refractivity contribution in [3.63, 3.8) is 0 Å². The maximum Gasteiger partial charge on any atom is 0.269 e. The van der Waals surface area contributed by atoms with Crippen molar-refractivity contribution in [3.8, 4) is 0 Å². The monoisotopic (exact) mass is 300 g/mol. The maximum absolute atomic E-state index is 12.8. The first-order chi connectivity index (χ1) is 10.4. The summed E-state index contributed by atoms with van der Waals surface area (Å²) in [4.78, 5) is 25.1. The number of nitrogens with one attached hydrogen (secondary N) is 1. The molecule has 4 heteroatoms. The fourth-order valence-corrected chi connectivity index (χ4v) is 2.45. The van der Waals surface area contributed by atoms with E-state index in [4.69, 9.17) is 0 Å². The summed E-state index contributed by atoms with van der Waals surface area (Å²) in [6.45, 7) is 5.75. The Balaban J connectivity index is 2.18. The molecule has 0 saturated heterocycles. The first kappa shape index (κ1) is 16.3. The number of carbonyl (C=O) groups is 2. The van der Waals surface area contributed by atoms with Crippen molar-refractivity contribution in [1.82, 2.24) is 10.4 Å². The van der Waals surface area contributed by atoms with Gasteiger partial charge in [0, 0.05) is 11.1 Å². The highest BCUT2D eigenvalue weighted by molar-refractivity contribution is 5.99. The third-order valence-electron chi connectivity index (χ3n) is 3.69. The van der Waals surface area contributed by atoms with Gasteiger partial charge in [-0.05, 0) is 58.6 Å². The SMILES string of the molecule is CC(C)(C)N(NC(=O)c1ccccc1)C(=O)C1=CCCCC1. The quantitative estimate of drug-likeness (QED) is 0.850. The van der Waals surface area contributed by atoms with Crippen molar-refractivity contribution in [2.24, 2.45) is 0 Å². The standard InChI is InChI=1S/C18H24N2O2/c1-18(2,3)20(17(22)15-12-8-5-9-13-15)19-16(21)14-10-6-4-7-11-14/h4,6-7,10-12H,5,8-9,13H2,1-3H3,(H,19,21). The highest BCUT2D eigenvalue weighted by Gasteiger charge is 2.30. The van der Waals surface area contributed by atoms with Crippen LogP contribution in [0.3, 0.4) is 0 Å². The summed E-state index contributed by atoms with van der Waals surface area (Å²) in [7, 11) is 0. The van der Waals surface area contributed by atoms with Crippen LogP contribution in [-0.2, 0) is 4.79 Å². The van der Waals surface area contributed by atoms with Crippen molar-refractivity contribution in [3.05, 3.63) is 47.5 Å². The lowest BCUT2D eigenvalue weighted by Gasteiger charge is -2.36. The lowest BCUT2D eigenvalue weighted by Crippen LogP contribution is -2.56. The Morgan fingerprint density at radius 1 is 1.09 bits per heavy atom. The molecule has 4 nitrogen and oxygen atoms in total. The Morgan fingerprint density at radius 2 is 1.77 bits per heavy atom. The second-order valence-electron chi connectivity index (χ2n) is 6.59. The average Bonchev–Trinajstić information content (AvgIpc) is 2.52. The predicted octanol–water partition coefficient (Wildman–Crippen LogP) is 3.46. The van der Waals surface area contributed by atoms with E-state index in [1.54, 1.807) is 12.1 Å². The van der Waals surface area contributed by atoms with Gasteiger partial charge in [-0.3, -0.25) is 15.0 Å². The van der Waals surface area contributed by atoms with E-state index >= 15 is 0 Å². The minimum Gasteiger partial charge on any atom is -0.268 e. The molecule has 0 radical (unpaired) electrons. The van der Waals surface area contributed by atoms with Crippen LogP contribution in [-0.4, -0.2) is 22.4 Å². The summed E-state index contributed by atoms with van der Waals surface area (Å²) in [5.74, 6) is -0.364. The second kappa shape index (κ2) is 6.77. The van der Waals surface area contributed by atoms with E-state index in [0.29, 0.717) is 5.56 Å². The summed E-state index contributed by atoms with van der Waals surface area (Å²) in [6, 6.07) is 8.95. The van der Waals surface area contributed by atoms with Crippen LogP contribution in [0.1, 0.15) is 56.8 Å². The molecule has 0 unspecified atom stereocenters. The number of hydrogen-bond acceptors (Lipinski definition) is 2. The molecule has 1 N–H and O–H groups in total. The third kappa shape index (κ3) is 3.97. The molecule has 118 valence electrons. The lowest BCUT2D eigenvalue weighted by molar-refractivity contribution is -0.135. The Labute approximate surface area is 132 Å². The molecule has 0 heterocycles. The van der Waals surface area contributed by atoms with Crippen LogP contribution in [0.4, 0.5) is 0 Å².